The van der Waals surface area contributed by atoms with Crippen LogP contribution in [-0.2, 0) is 22.4 Å². The summed E-state index contributed by atoms with van der Waals surface area (Å²) in [6.45, 7) is 2.34. The predicted molar refractivity (Wildman–Crippen MR) is 112 cm³/mol. The van der Waals surface area contributed by atoms with Crippen LogP contribution in [0.25, 0.3) is 6.08 Å². The molecule has 1 aromatic carbocycles. The number of methoxy groups -OCH3 is 1. The van der Waals surface area contributed by atoms with E-state index in [-0.39, 0.29) is 11.9 Å². The summed E-state index contributed by atoms with van der Waals surface area (Å²) < 4.78 is 10.5. The van der Waals surface area contributed by atoms with Crippen LogP contribution in [0.4, 0.5) is 5.00 Å². The van der Waals surface area contributed by atoms with Crippen LogP contribution in [0.3, 0.4) is 0 Å². The van der Waals surface area contributed by atoms with Crippen molar-refractivity contribution in [2.24, 2.45) is 0 Å². The van der Waals surface area contributed by atoms with Gasteiger partial charge in [-0.05, 0) is 61.4 Å². The number of fused-ring (bicyclic) bond motifs is 1. The van der Waals surface area contributed by atoms with Gasteiger partial charge in [-0.25, -0.2) is 4.79 Å². The molecule has 1 heterocycles. The van der Waals surface area contributed by atoms with Gasteiger partial charge in [0.15, 0.2) is 0 Å². The molecule has 0 saturated heterocycles. The fourth-order valence-electron chi connectivity index (χ4n) is 3.18. The molecule has 0 saturated carbocycles. The summed E-state index contributed by atoms with van der Waals surface area (Å²) in [5, 5.41) is 3.48. The summed E-state index contributed by atoms with van der Waals surface area (Å²) in [7, 11) is 1.61. The lowest BCUT2D eigenvalue weighted by molar-refractivity contribution is -0.111. The second-order valence-corrected chi connectivity index (χ2v) is 7.75. The van der Waals surface area contributed by atoms with E-state index < -0.39 is 0 Å². The zero-order chi connectivity index (χ0) is 19.9. The van der Waals surface area contributed by atoms with Crippen LogP contribution in [0.5, 0.6) is 5.75 Å². The molecular formula is C22H25NO4S. The predicted octanol–water partition coefficient (Wildman–Crippen LogP) is 4.85. The van der Waals surface area contributed by atoms with Gasteiger partial charge in [-0.3, -0.25) is 4.79 Å². The lowest BCUT2D eigenvalue weighted by Crippen LogP contribution is -2.14. The van der Waals surface area contributed by atoms with Gasteiger partial charge in [-0.2, -0.15) is 0 Å². The van der Waals surface area contributed by atoms with Crippen LogP contribution in [0.15, 0.2) is 30.3 Å². The third kappa shape index (κ3) is 4.81. The fraction of sp³-hybridized carbons (Fsp3) is 0.364. The number of carbonyl (C=O) groups is 2. The zero-order valence-corrected chi connectivity index (χ0v) is 17.1. The highest BCUT2D eigenvalue weighted by Gasteiger charge is 2.27. The summed E-state index contributed by atoms with van der Waals surface area (Å²) in [5.74, 6) is 0.163. The number of rotatable bonds is 7. The molecule has 0 spiro atoms. The SMILES string of the molecule is CCCOC(=O)c1c(NC(=O)C=Cc2ccc(OC)cc2)sc2c1CCCC2. The Labute approximate surface area is 169 Å². The Bertz CT molecular complexity index is 867. The Balaban J connectivity index is 1.76. The lowest BCUT2D eigenvalue weighted by Gasteiger charge is -2.12. The van der Waals surface area contributed by atoms with Crippen LogP contribution < -0.4 is 10.1 Å². The highest BCUT2D eigenvalue weighted by Crippen LogP contribution is 2.38. The number of esters is 1. The minimum absolute atomic E-state index is 0.265. The molecule has 1 amide bonds. The first kappa shape index (κ1) is 20.1. The van der Waals surface area contributed by atoms with Gasteiger partial charge in [0.25, 0.3) is 0 Å². The van der Waals surface area contributed by atoms with Gasteiger partial charge in [-0.1, -0.05) is 19.1 Å². The number of nitrogens with one attached hydrogen (secondary N) is 1. The molecule has 0 fully saturated rings. The van der Waals surface area contributed by atoms with E-state index in [4.69, 9.17) is 9.47 Å². The van der Waals surface area contributed by atoms with Gasteiger partial charge in [0.05, 0.1) is 19.3 Å². The van der Waals surface area contributed by atoms with Crippen molar-refractivity contribution in [1.82, 2.24) is 0 Å². The Morgan fingerprint density at radius 1 is 1.18 bits per heavy atom. The summed E-state index contributed by atoms with van der Waals surface area (Å²) in [6, 6.07) is 7.43. The van der Waals surface area contributed by atoms with E-state index >= 15 is 0 Å². The van der Waals surface area contributed by atoms with Crippen molar-refractivity contribution in [3.05, 3.63) is 51.9 Å². The third-order valence-corrected chi connectivity index (χ3v) is 5.80. The Morgan fingerprint density at radius 2 is 1.93 bits per heavy atom. The average molecular weight is 400 g/mol. The third-order valence-electron chi connectivity index (χ3n) is 4.59. The molecule has 2 aromatic rings. The fourth-order valence-corrected chi connectivity index (χ4v) is 4.46. The molecule has 0 atom stereocenters. The van der Waals surface area contributed by atoms with E-state index in [2.05, 4.69) is 5.32 Å². The lowest BCUT2D eigenvalue weighted by atomic mass is 9.95. The number of hydrogen-bond donors (Lipinski definition) is 1. The maximum absolute atomic E-state index is 12.6. The molecular weight excluding hydrogens is 374 g/mol. The molecule has 0 radical (unpaired) electrons. The zero-order valence-electron chi connectivity index (χ0n) is 16.2. The van der Waals surface area contributed by atoms with Crippen LogP contribution in [0.1, 0.15) is 52.5 Å². The van der Waals surface area contributed by atoms with E-state index in [1.807, 2.05) is 31.2 Å². The number of hydrogen-bond acceptors (Lipinski definition) is 5. The maximum Gasteiger partial charge on any atom is 0.341 e. The maximum atomic E-state index is 12.6. The minimum atomic E-state index is -0.337. The number of amides is 1. The van der Waals surface area contributed by atoms with Crippen molar-refractivity contribution >= 4 is 34.3 Å². The standard InChI is InChI=1S/C22H25NO4S/c1-3-14-27-22(25)20-17-6-4-5-7-18(17)28-21(20)23-19(24)13-10-15-8-11-16(26-2)12-9-15/h8-13H,3-7,14H2,1-2H3,(H,23,24). The smallest absolute Gasteiger partial charge is 0.341 e. The number of carbonyl (C=O) groups excluding carboxylic acids is 2. The minimum Gasteiger partial charge on any atom is -0.497 e. The first-order valence-electron chi connectivity index (χ1n) is 9.57. The Morgan fingerprint density at radius 3 is 2.64 bits per heavy atom. The van der Waals surface area contributed by atoms with E-state index in [1.54, 1.807) is 13.2 Å². The van der Waals surface area contributed by atoms with Gasteiger partial charge >= 0.3 is 5.97 Å². The van der Waals surface area contributed by atoms with Gasteiger partial charge in [0, 0.05) is 11.0 Å². The van der Waals surface area contributed by atoms with Crippen molar-refractivity contribution in [2.45, 2.75) is 39.0 Å². The molecule has 3 rings (SSSR count). The van der Waals surface area contributed by atoms with Gasteiger partial charge < -0.3 is 14.8 Å². The number of ether oxygens (including phenoxy) is 2. The average Bonchev–Trinajstić information content (AvgIpc) is 3.08. The molecule has 1 aliphatic carbocycles. The highest BCUT2D eigenvalue weighted by molar-refractivity contribution is 7.17. The Kier molecular flexibility index (Phi) is 6.87. The van der Waals surface area contributed by atoms with Crippen molar-refractivity contribution < 1.29 is 19.1 Å². The van der Waals surface area contributed by atoms with Crippen molar-refractivity contribution in [3.8, 4) is 5.75 Å². The van der Waals surface area contributed by atoms with Crippen LogP contribution in [-0.4, -0.2) is 25.6 Å². The normalized spacial score (nSPS) is 13.2. The molecule has 148 valence electrons. The Hall–Kier alpha value is -2.60. The van der Waals surface area contributed by atoms with E-state index in [0.29, 0.717) is 17.2 Å². The number of thiophene rings is 1. The molecule has 5 nitrogen and oxygen atoms in total. The van der Waals surface area contributed by atoms with Gasteiger partial charge in [0.2, 0.25) is 5.91 Å². The second-order valence-electron chi connectivity index (χ2n) is 6.65. The molecule has 6 heteroatoms. The highest BCUT2D eigenvalue weighted by atomic mass is 32.1. The van der Waals surface area contributed by atoms with Crippen molar-refractivity contribution in [1.29, 1.82) is 0 Å². The molecule has 0 bridgehead atoms. The van der Waals surface area contributed by atoms with E-state index in [1.165, 1.54) is 22.3 Å². The molecule has 1 aromatic heterocycles. The van der Waals surface area contributed by atoms with Crippen LogP contribution >= 0.6 is 11.3 Å². The molecule has 0 aliphatic heterocycles. The van der Waals surface area contributed by atoms with E-state index in [0.717, 1.165) is 49.0 Å². The molecule has 1 N–H and O–H groups in total. The number of benzene rings is 1. The summed E-state index contributed by atoms with van der Waals surface area (Å²) in [6.07, 6.45) is 7.96. The topological polar surface area (TPSA) is 64.6 Å². The quantitative estimate of drug-likeness (QED) is 0.534. The largest absolute Gasteiger partial charge is 0.497 e. The molecule has 0 unspecified atom stereocenters. The van der Waals surface area contributed by atoms with Crippen LogP contribution in [0, 0.1) is 0 Å². The first-order chi connectivity index (χ1) is 13.6. The molecule has 28 heavy (non-hydrogen) atoms. The van der Waals surface area contributed by atoms with Crippen molar-refractivity contribution in [3.63, 3.8) is 0 Å². The molecule has 1 aliphatic rings. The number of anilines is 1. The van der Waals surface area contributed by atoms with Crippen LogP contribution in [0.2, 0.25) is 0 Å². The first-order valence-corrected chi connectivity index (χ1v) is 10.4. The van der Waals surface area contributed by atoms with Gasteiger partial charge in [0.1, 0.15) is 10.8 Å². The summed E-state index contributed by atoms with van der Waals surface area (Å²) in [4.78, 5) is 26.2. The van der Waals surface area contributed by atoms with Crippen molar-refractivity contribution in [2.75, 3.05) is 19.0 Å². The monoisotopic (exact) mass is 399 g/mol. The summed E-state index contributed by atoms with van der Waals surface area (Å²) >= 11 is 1.50. The van der Waals surface area contributed by atoms with Gasteiger partial charge in [-0.15, -0.1) is 11.3 Å². The second kappa shape index (κ2) is 9.55. The van der Waals surface area contributed by atoms with E-state index in [9.17, 15) is 9.59 Å². The number of aryl methyl sites for hydroxylation is 1. The summed E-state index contributed by atoms with van der Waals surface area (Å²) in [5.41, 5.74) is 2.48.